The van der Waals surface area contributed by atoms with E-state index < -0.39 is 10.0 Å². The first kappa shape index (κ1) is 21.3. The first-order chi connectivity index (χ1) is 13.7. The van der Waals surface area contributed by atoms with Gasteiger partial charge >= 0.3 is 0 Å². The Labute approximate surface area is 175 Å². The van der Waals surface area contributed by atoms with Crippen LogP contribution in [0.2, 0.25) is 5.02 Å². The smallest absolute Gasteiger partial charge is 0.254 e. The van der Waals surface area contributed by atoms with Gasteiger partial charge < -0.3 is 9.47 Å². The molecule has 29 heavy (non-hydrogen) atoms. The zero-order chi connectivity index (χ0) is 21.3. The van der Waals surface area contributed by atoms with Crippen molar-refractivity contribution in [3.05, 3.63) is 58.9 Å². The highest BCUT2D eigenvalue weighted by atomic mass is 35.5. The molecule has 0 spiro atoms. The molecule has 1 amide bonds. The summed E-state index contributed by atoms with van der Waals surface area (Å²) >= 11 is 6.08. The number of carbonyl (C=O) groups is 1. The van der Waals surface area contributed by atoms with Crippen molar-refractivity contribution in [2.24, 2.45) is 0 Å². The number of halogens is 1. The third-order valence-corrected chi connectivity index (χ3v) is 7.01. The van der Waals surface area contributed by atoms with Crippen LogP contribution in [-0.2, 0) is 23.1 Å². The number of hydrogen-bond acceptors (Lipinski definition) is 4. The molecule has 0 unspecified atom stereocenters. The van der Waals surface area contributed by atoms with Gasteiger partial charge in [0.15, 0.2) is 0 Å². The van der Waals surface area contributed by atoms with Gasteiger partial charge in [-0.3, -0.25) is 4.79 Å². The SMILES string of the molecule is CCn1c(CN(C)C(=O)c2ccc(Cl)c(S(=O)(=O)N(C)C)c2)nc2ccccc21. The van der Waals surface area contributed by atoms with E-state index in [4.69, 9.17) is 11.6 Å². The van der Waals surface area contributed by atoms with Crippen molar-refractivity contribution in [3.8, 4) is 0 Å². The van der Waals surface area contributed by atoms with Crippen molar-refractivity contribution >= 4 is 38.6 Å². The van der Waals surface area contributed by atoms with E-state index in [-0.39, 0.29) is 21.4 Å². The topological polar surface area (TPSA) is 75.5 Å². The first-order valence-electron chi connectivity index (χ1n) is 9.08. The minimum Gasteiger partial charge on any atom is -0.334 e. The fourth-order valence-corrected chi connectivity index (χ4v) is 4.53. The summed E-state index contributed by atoms with van der Waals surface area (Å²) in [6.07, 6.45) is 0. The molecule has 0 aliphatic carbocycles. The van der Waals surface area contributed by atoms with Crippen LogP contribution >= 0.6 is 11.6 Å². The molecular formula is C20H23ClN4O3S. The number of fused-ring (bicyclic) bond motifs is 1. The molecule has 2 aromatic carbocycles. The zero-order valence-corrected chi connectivity index (χ0v) is 18.3. The Balaban J connectivity index is 1.92. The molecule has 9 heteroatoms. The maximum Gasteiger partial charge on any atom is 0.254 e. The lowest BCUT2D eigenvalue weighted by molar-refractivity contribution is 0.0780. The van der Waals surface area contributed by atoms with Gasteiger partial charge in [0, 0.05) is 33.3 Å². The third-order valence-electron chi connectivity index (χ3n) is 4.71. The zero-order valence-electron chi connectivity index (χ0n) is 16.8. The number of aromatic nitrogens is 2. The Morgan fingerprint density at radius 2 is 1.83 bits per heavy atom. The van der Waals surface area contributed by atoms with Gasteiger partial charge in [0.1, 0.15) is 10.7 Å². The van der Waals surface area contributed by atoms with Crippen LogP contribution in [0.4, 0.5) is 0 Å². The van der Waals surface area contributed by atoms with Crippen LogP contribution in [0, 0.1) is 0 Å². The second-order valence-corrected chi connectivity index (χ2v) is 9.38. The molecular weight excluding hydrogens is 412 g/mol. The first-order valence-corrected chi connectivity index (χ1v) is 10.9. The predicted octanol–water partition coefficient (Wildman–Crippen LogP) is 3.23. The number of para-hydroxylation sites is 2. The number of sulfonamides is 1. The van der Waals surface area contributed by atoms with E-state index in [0.29, 0.717) is 6.54 Å². The molecule has 0 atom stereocenters. The molecule has 154 valence electrons. The minimum absolute atomic E-state index is 0.0747. The number of aryl methyl sites for hydroxylation is 1. The number of imidazole rings is 1. The Morgan fingerprint density at radius 3 is 2.48 bits per heavy atom. The molecule has 3 aromatic rings. The number of benzene rings is 2. The standard InChI is InChI=1S/C20H23ClN4O3S/c1-5-25-17-9-7-6-8-16(17)22-19(25)13-24(4)20(26)14-10-11-15(21)18(12-14)29(27,28)23(2)3/h6-12H,5,13H2,1-4H3. The molecule has 3 rings (SSSR count). The summed E-state index contributed by atoms with van der Waals surface area (Å²) in [5.74, 6) is 0.450. The van der Waals surface area contributed by atoms with Gasteiger partial charge in [-0.15, -0.1) is 0 Å². The average Bonchev–Trinajstić information content (AvgIpc) is 3.04. The van der Waals surface area contributed by atoms with E-state index >= 15 is 0 Å². The van der Waals surface area contributed by atoms with E-state index in [1.165, 1.54) is 37.2 Å². The van der Waals surface area contributed by atoms with E-state index in [1.807, 2.05) is 31.2 Å². The molecule has 0 bridgehead atoms. The summed E-state index contributed by atoms with van der Waals surface area (Å²) in [5, 5.41) is 0.0747. The summed E-state index contributed by atoms with van der Waals surface area (Å²) < 4.78 is 28.1. The summed E-state index contributed by atoms with van der Waals surface area (Å²) in [6, 6.07) is 12.1. The third kappa shape index (κ3) is 4.01. The summed E-state index contributed by atoms with van der Waals surface area (Å²) in [7, 11) is 0.737. The van der Waals surface area contributed by atoms with E-state index in [1.54, 1.807) is 7.05 Å². The lowest BCUT2D eigenvalue weighted by atomic mass is 10.2. The van der Waals surface area contributed by atoms with Gasteiger partial charge in [-0.05, 0) is 37.3 Å². The maximum absolute atomic E-state index is 13.0. The van der Waals surface area contributed by atoms with Crippen LogP contribution in [-0.4, -0.2) is 54.2 Å². The summed E-state index contributed by atoms with van der Waals surface area (Å²) in [4.78, 5) is 19.0. The largest absolute Gasteiger partial charge is 0.334 e. The molecule has 1 aromatic heterocycles. The molecule has 0 radical (unpaired) electrons. The van der Waals surface area contributed by atoms with Crippen LogP contribution in [0.5, 0.6) is 0 Å². The van der Waals surface area contributed by atoms with E-state index in [9.17, 15) is 13.2 Å². The van der Waals surface area contributed by atoms with Crippen molar-refractivity contribution in [2.45, 2.75) is 24.9 Å². The second-order valence-electron chi connectivity index (χ2n) is 6.85. The number of hydrogen-bond donors (Lipinski definition) is 0. The van der Waals surface area contributed by atoms with Gasteiger partial charge in [0.25, 0.3) is 5.91 Å². The van der Waals surface area contributed by atoms with Gasteiger partial charge in [0.2, 0.25) is 10.0 Å². The molecule has 0 saturated heterocycles. The molecule has 0 N–H and O–H groups in total. The van der Waals surface area contributed by atoms with Crippen LogP contribution < -0.4 is 0 Å². The van der Waals surface area contributed by atoms with Crippen LogP contribution in [0.1, 0.15) is 23.1 Å². The highest BCUT2D eigenvalue weighted by molar-refractivity contribution is 7.89. The number of amides is 1. The molecule has 0 saturated carbocycles. The minimum atomic E-state index is -3.76. The normalized spacial score (nSPS) is 11.9. The fraction of sp³-hybridized carbons (Fsp3) is 0.300. The van der Waals surface area contributed by atoms with Gasteiger partial charge in [-0.25, -0.2) is 17.7 Å². The Bertz CT molecular complexity index is 1170. The highest BCUT2D eigenvalue weighted by Gasteiger charge is 2.24. The monoisotopic (exact) mass is 434 g/mol. The maximum atomic E-state index is 13.0. The molecule has 0 aliphatic heterocycles. The predicted molar refractivity (Wildman–Crippen MR) is 114 cm³/mol. The van der Waals surface area contributed by atoms with Gasteiger partial charge in [-0.1, -0.05) is 23.7 Å². The van der Waals surface area contributed by atoms with Crippen molar-refractivity contribution in [1.29, 1.82) is 0 Å². The van der Waals surface area contributed by atoms with Crippen LogP contribution in [0.25, 0.3) is 11.0 Å². The van der Waals surface area contributed by atoms with Crippen molar-refractivity contribution in [3.63, 3.8) is 0 Å². The molecule has 7 nitrogen and oxygen atoms in total. The number of rotatable bonds is 6. The second kappa shape index (κ2) is 8.14. The Hall–Kier alpha value is -2.42. The average molecular weight is 435 g/mol. The molecule has 1 heterocycles. The lowest BCUT2D eigenvalue weighted by Crippen LogP contribution is -2.28. The molecule has 0 aliphatic rings. The quantitative estimate of drug-likeness (QED) is 0.596. The Morgan fingerprint density at radius 1 is 1.14 bits per heavy atom. The lowest BCUT2D eigenvalue weighted by Gasteiger charge is -2.19. The van der Waals surface area contributed by atoms with Gasteiger partial charge in [-0.2, -0.15) is 0 Å². The number of nitrogens with zero attached hydrogens (tertiary/aromatic N) is 4. The van der Waals surface area contributed by atoms with Crippen molar-refractivity contribution in [1.82, 2.24) is 18.8 Å². The molecule has 0 fully saturated rings. The summed E-state index contributed by atoms with van der Waals surface area (Å²) in [6.45, 7) is 3.04. The van der Waals surface area contributed by atoms with Crippen molar-refractivity contribution < 1.29 is 13.2 Å². The van der Waals surface area contributed by atoms with E-state index in [0.717, 1.165) is 27.7 Å². The summed E-state index contributed by atoms with van der Waals surface area (Å²) in [5.41, 5.74) is 2.13. The van der Waals surface area contributed by atoms with E-state index in [2.05, 4.69) is 9.55 Å². The fourth-order valence-electron chi connectivity index (χ4n) is 3.13. The van der Waals surface area contributed by atoms with Crippen molar-refractivity contribution in [2.75, 3.05) is 21.1 Å². The number of carbonyl (C=O) groups excluding carboxylic acids is 1. The highest BCUT2D eigenvalue weighted by Crippen LogP contribution is 2.25. The van der Waals surface area contributed by atoms with Gasteiger partial charge in [0.05, 0.1) is 22.6 Å². The van der Waals surface area contributed by atoms with Crippen LogP contribution in [0.15, 0.2) is 47.4 Å². The van der Waals surface area contributed by atoms with Crippen LogP contribution in [0.3, 0.4) is 0 Å². The Kier molecular flexibility index (Phi) is 5.97.